The van der Waals surface area contributed by atoms with Gasteiger partial charge in [-0.15, -0.1) is 4.68 Å². The fraction of sp³-hybridized carbons (Fsp3) is 0.346. The van der Waals surface area contributed by atoms with Gasteiger partial charge in [-0.1, -0.05) is 66.2 Å². The molecular formula is C26H25Cl3F3N9O4. The molecule has 45 heavy (non-hydrogen) atoms. The Bertz CT molecular complexity index is 1740. The quantitative estimate of drug-likeness (QED) is 0.143. The van der Waals surface area contributed by atoms with E-state index in [1.54, 1.807) is 29.2 Å². The first-order valence-electron chi connectivity index (χ1n) is 13.4. The van der Waals surface area contributed by atoms with Gasteiger partial charge in [-0.05, 0) is 54.5 Å². The summed E-state index contributed by atoms with van der Waals surface area (Å²) in [4.78, 5) is 36.9. The number of tetrazole rings is 1. The molecule has 2 aromatic carbocycles. The highest BCUT2D eigenvalue weighted by Gasteiger charge is 2.33. The first kappa shape index (κ1) is 33.7. The van der Waals surface area contributed by atoms with Crippen LogP contribution in [0.3, 0.4) is 0 Å². The average molecular weight is 691 g/mol. The predicted molar refractivity (Wildman–Crippen MR) is 160 cm³/mol. The largest absolute Gasteiger partial charge is 0.416 e. The van der Waals surface area contributed by atoms with Crippen LogP contribution in [-0.4, -0.2) is 58.0 Å². The molecule has 5 rings (SSSR count). The number of para-hydroxylation sites is 1. The minimum atomic E-state index is -4.63. The molecule has 1 fully saturated rings. The van der Waals surface area contributed by atoms with Crippen LogP contribution in [0.2, 0.25) is 15.1 Å². The van der Waals surface area contributed by atoms with E-state index in [2.05, 4.69) is 15.5 Å². The highest BCUT2D eigenvalue weighted by molar-refractivity contribution is 6.38. The second-order valence-corrected chi connectivity index (χ2v) is 11.0. The molecule has 0 saturated heterocycles. The lowest BCUT2D eigenvalue weighted by Gasteiger charge is -2.32. The number of amides is 1. The minimum absolute atomic E-state index is 0.161. The maximum atomic E-state index is 12.8. The zero-order chi connectivity index (χ0) is 33.1. The Hall–Kier alpha value is -4.15. The van der Waals surface area contributed by atoms with E-state index in [-0.39, 0.29) is 21.8 Å². The Kier molecular flexibility index (Phi) is 10.4. The number of nitrogens with two attached hydrogens (primary N) is 1. The molecule has 0 unspecified atom stereocenters. The first-order valence-corrected chi connectivity index (χ1v) is 14.5. The van der Waals surface area contributed by atoms with Crippen LogP contribution in [0.1, 0.15) is 44.6 Å². The number of hydrogen-bond donors (Lipinski definition) is 1. The van der Waals surface area contributed by atoms with Crippen LogP contribution in [-0.2, 0) is 6.18 Å². The average Bonchev–Trinajstić information content (AvgIpc) is 3.56. The zero-order valence-electron chi connectivity index (χ0n) is 23.4. The molecule has 1 amide bonds. The molecule has 0 spiro atoms. The molecule has 0 bridgehead atoms. The van der Waals surface area contributed by atoms with Gasteiger partial charge < -0.3 is 10.6 Å². The summed E-state index contributed by atoms with van der Waals surface area (Å²) in [6.07, 6.45) is 1.56. The molecule has 2 N–H and O–H groups in total. The molecule has 2 heterocycles. The Morgan fingerprint density at radius 3 is 2.22 bits per heavy atom. The molecule has 240 valence electrons. The number of nitro groups is 1. The van der Waals surface area contributed by atoms with Crippen LogP contribution in [0.25, 0.3) is 11.4 Å². The van der Waals surface area contributed by atoms with Crippen molar-refractivity contribution in [3.63, 3.8) is 0 Å². The van der Waals surface area contributed by atoms with E-state index in [0.717, 1.165) is 45.9 Å². The van der Waals surface area contributed by atoms with Crippen LogP contribution in [0, 0.1) is 10.1 Å². The summed E-state index contributed by atoms with van der Waals surface area (Å²) in [6.45, 7) is 2.45. The van der Waals surface area contributed by atoms with E-state index in [1.165, 1.54) is 6.42 Å². The van der Waals surface area contributed by atoms with Gasteiger partial charge in [0.2, 0.25) is 5.82 Å². The van der Waals surface area contributed by atoms with Gasteiger partial charge in [0, 0.05) is 12.6 Å². The van der Waals surface area contributed by atoms with Crippen molar-refractivity contribution in [2.75, 3.05) is 12.3 Å². The van der Waals surface area contributed by atoms with Crippen LogP contribution >= 0.6 is 34.8 Å². The van der Waals surface area contributed by atoms with Gasteiger partial charge in [-0.2, -0.15) is 23.0 Å². The van der Waals surface area contributed by atoms with Gasteiger partial charge in [0.25, 0.3) is 0 Å². The monoisotopic (exact) mass is 689 g/mol. The predicted octanol–water partition coefficient (Wildman–Crippen LogP) is 6.39. The van der Waals surface area contributed by atoms with Gasteiger partial charge in [-0.3, -0.25) is 10.1 Å². The number of rotatable bonds is 5. The molecule has 1 aliphatic rings. The fourth-order valence-electron chi connectivity index (χ4n) is 4.80. The number of carbonyl (C=O) groups excluding carboxylic acids is 1. The van der Waals surface area contributed by atoms with Crippen molar-refractivity contribution >= 4 is 52.3 Å². The van der Waals surface area contributed by atoms with E-state index in [4.69, 9.17) is 40.5 Å². The lowest BCUT2D eigenvalue weighted by molar-refractivity contribution is -0.383. The third kappa shape index (κ3) is 7.23. The molecule has 0 radical (unpaired) electrons. The lowest BCUT2D eigenvalue weighted by Crippen LogP contribution is -2.46. The Balaban J connectivity index is 0.000000207. The van der Waals surface area contributed by atoms with Crippen LogP contribution in [0.15, 0.2) is 47.4 Å². The second-order valence-electron chi connectivity index (χ2n) is 9.77. The van der Waals surface area contributed by atoms with Crippen molar-refractivity contribution in [3.05, 3.63) is 83.8 Å². The number of nitrogen functional groups attached to an aromatic ring is 1. The Morgan fingerprint density at radius 1 is 1.07 bits per heavy atom. The van der Waals surface area contributed by atoms with Crippen LogP contribution < -0.4 is 11.4 Å². The van der Waals surface area contributed by atoms with E-state index in [1.807, 2.05) is 6.92 Å². The molecule has 1 saturated carbocycles. The number of aromatic nitrogens is 6. The number of alkyl halides is 3. The molecule has 2 aromatic heterocycles. The molecule has 0 atom stereocenters. The number of hydrogen-bond acceptors (Lipinski definition) is 8. The van der Waals surface area contributed by atoms with E-state index >= 15 is 0 Å². The van der Waals surface area contributed by atoms with Gasteiger partial charge in [0.15, 0.2) is 0 Å². The summed E-state index contributed by atoms with van der Waals surface area (Å²) < 4.78 is 40.5. The second kappa shape index (κ2) is 13.9. The highest BCUT2D eigenvalue weighted by atomic mass is 35.5. The Labute approximate surface area is 268 Å². The SMILES string of the molecule is CCN(C(=O)n1nnn(-c2ccccc2Cl)c1=O)C1CCCCC1.Nc1c([N+](=O)[O-])cnn1-c1c(Cl)cc(C(F)(F)F)cc1Cl. The number of nitrogens with zero attached hydrogens (tertiary/aromatic N) is 8. The van der Waals surface area contributed by atoms with Gasteiger partial charge in [0.05, 0.1) is 31.2 Å². The lowest BCUT2D eigenvalue weighted by atomic mass is 9.94. The topological polar surface area (TPSA) is 160 Å². The van der Waals surface area contributed by atoms with Crippen molar-refractivity contribution in [1.82, 2.24) is 34.5 Å². The van der Waals surface area contributed by atoms with Crippen molar-refractivity contribution in [3.8, 4) is 11.4 Å². The number of benzene rings is 2. The maximum absolute atomic E-state index is 12.8. The van der Waals surface area contributed by atoms with Crippen molar-refractivity contribution in [1.29, 1.82) is 0 Å². The summed E-state index contributed by atoms with van der Waals surface area (Å²) in [7, 11) is 0. The van der Waals surface area contributed by atoms with Gasteiger partial charge in [0.1, 0.15) is 11.9 Å². The molecular weight excluding hydrogens is 666 g/mol. The number of halogens is 6. The molecule has 1 aliphatic carbocycles. The Morgan fingerprint density at radius 2 is 1.69 bits per heavy atom. The van der Waals surface area contributed by atoms with Crippen molar-refractivity contribution in [2.24, 2.45) is 0 Å². The molecule has 4 aromatic rings. The summed E-state index contributed by atoms with van der Waals surface area (Å²) in [5, 5.41) is 21.5. The van der Waals surface area contributed by atoms with Crippen LogP contribution in [0.5, 0.6) is 0 Å². The molecule has 19 heteroatoms. The summed E-state index contributed by atoms with van der Waals surface area (Å²) >= 11 is 17.6. The van der Waals surface area contributed by atoms with Crippen molar-refractivity contribution in [2.45, 2.75) is 51.2 Å². The van der Waals surface area contributed by atoms with Gasteiger partial charge in [-0.25, -0.2) is 14.3 Å². The summed E-state index contributed by atoms with van der Waals surface area (Å²) in [5.41, 5.74) is 3.58. The smallest absolute Gasteiger partial charge is 0.378 e. The molecule has 13 nitrogen and oxygen atoms in total. The number of anilines is 1. The normalized spacial score (nSPS) is 13.7. The van der Waals surface area contributed by atoms with E-state index in [9.17, 15) is 32.9 Å². The standard InChI is InChI=1S/C16H20ClN5O2.C10H5Cl2F3N4O2/c1-2-20(12-8-4-3-5-9-12)15(23)22-16(24)21(18-19-22)14-11-7-6-10-13(14)17;11-5-1-4(10(13,14)15)2-6(12)8(5)18-9(16)7(3-17-18)19(20)21/h6-7,10-12H,2-5,8-9H2,1H3;1-3H,16H2. The van der Waals surface area contributed by atoms with Crippen molar-refractivity contribution < 1.29 is 22.9 Å². The highest BCUT2D eigenvalue weighted by Crippen LogP contribution is 2.39. The zero-order valence-corrected chi connectivity index (χ0v) is 25.7. The van der Waals surface area contributed by atoms with Gasteiger partial charge >= 0.3 is 23.6 Å². The fourth-order valence-corrected chi connectivity index (χ4v) is 5.67. The van der Waals surface area contributed by atoms with Crippen LogP contribution in [0.4, 0.5) is 29.5 Å². The minimum Gasteiger partial charge on any atom is -0.378 e. The van der Waals surface area contributed by atoms with E-state index in [0.29, 0.717) is 29.4 Å². The summed E-state index contributed by atoms with van der Waals surface area (Å²) in [5.74, 6) is -0.399. The summed E-state index contributed by atoms with van der Waals surface area (Å²) in [6, 6.07) is 7.83. The maximum Gasteiger partial charge on any atom is 0.416 e. The first-order chi connectivity index (χ1) is 21.3. The molecule has 0 aliphatic heterocycles. The third-order valence-corrected chi connectivity index (χ3v) is 7.88. The third-order valence-electron chi connectivity index (χ3n) is 6.98. The number of carbonyl (C=O) groups is 1. The van der Waals surface area contributed by atoms with E-state index < -0.39 is 39.9 Å².